The van der Waals surface area contributed by atoms with Crippen LogP contribution in [0, 0.1) is 13.8 Å². The number of nitrogens with zero attached hydrogens (tertiary/aromatic N) is 4. The van der Waals surface area contributed by atoms with Crippen molar-refractivity contribution in [1.29, 1.82) is 0 Å². The van der Waals surface area contributed by atoms with Crippen LogP contribution in [0.5, 0.6) is 0 Å². The van der Waals surface area contributed by atoms with E-state index in [1.54, 1.807) is 43.3 Å². The van der Waals surface area contributed by atoms with E-state index in [-0.39, 0.29) is 18.5 Å². The number of rotatable bonds is 6. The summed E-state index contributed by atoms with van der Waals surface area (Å²) in [4.78, 5) is 36.4. The van der Waals surface area contributed by atoms with Crippen LogP contribution in [0.25, 0.3) is 11.1 Å². The summed E-state index contributed by atoms with van der Waals surface area (Å²) in [5.74, 6) is -0.193. The first-order chi connectivity index (χ1) is 15.3. The maximum absolute atomic E-state index is 13.1. The minimum absolute atomic E-state index is 0.193. The standard InChI is InChI=1S/C20H19ClN6O3S2/c1-10-6-14(16-11(2)26-30-17(16)23-10)18(28)27(3)8-12-9-31-20(24-12)25-19(29)22-7-13-4-5-15(21)32-13/h4-6,9H,7-8H2,1-3H3,(H2,22,24,25,29). The molecule has 2 N–H and O–H groups in total. The molecule has 4 heterocycles. The number of carbonyl (C=O) groups is 2. The lowest BCUT2D eigenvalue weighted by molar-refractivity contribution is 0.0785. The van der Waals surface area contributed by atoms with Gasteiger partial charge in [-0.3, -0.25) is 10.1 Å². The smallest absolute Gasteiger partial charge is 0.321 e. The highest BCUT2D eigenvalue weighted by atomic mass is 35.5. The van der Waals surface area contributed by atoms with Gasteiger partial charge in [-0.05, 0) is 32.0 Å². The summed E-state index contributed by atoms with van der Waals surface area (Å²) in [6.45, 7) is 4.22. The summed E-state index contributed by atoms with van der Waals surface area (Å²) in [5.41, 5.74) is 2.77. The molecule has 9 nitrogen and oxygen atoms in total. The van der Waals surface area contributed by atoms with Crippen LogP contribution in [0.2, 0.25) is 4.34 Å². The van der Waals surface area contributed by atoms with E-state index < -0.39 is 0 Å². The van der Waals surface area contributed by atoms with E-state index in [0.29, 0.717) is 49.8 Å². The topological polar surface area (TPSA) is 113 Å². The Morgan fingerprint density at radius 1 is 1.25 bits per heavy atom. The summed E-state index contributed by atoms with van der Waals surface area (Å²) in [5, 5.41) is 12.2. The first-order valence-electron chi connectivity index (χ1n) is 9.52. The van der Waals surface area contributed by atoms with Crippen molar-refractivity contribution in [3.05, 3.63) is 55.4 Å². The summed E-state index contributed by atoms with van der Waals surface area (Å²) < 4.78 is 5.89. The molecule has 3 amide bonds. The Bertz CT molecular complexity index is 1300. The number of aryl methyl sites for hydroxylation is 2. The zero-order valence-corrected chi connectivity index (χ0v) is 19.8. The van der Waals surface area contributed by atoms with Gasteiger partial charge in [0.25, 0.3) is 11.6 Å². The number of halogens is 1. The monoisotopic (exact) mass is 490 g/mol. The fraction of sp³-hybridized carbons (Fsp3) is 0.250. The van der Waals surface area contributed by atoms with E-state index in [1.165, 1.54) is 22.7 Å². The predicted molar refractivity (Wildman–Crippen MR) is 124 cm³/mol. The average Bonchev–Trinajstić information content (AvgIpc) is 3.46. The van der Waals surface area contributed by atoms with Gasteiger partial charge >= 0.3 is 6.03 Å². The summed E-state index contributed by atoms with van der Waals surface area (Å²) >= 11 is 8.59. The van der Waals surface area contributed by atoms with Gasteiger partial charge in [-0.2, -0.15) is 0 Å². The van der Waals surface area contributed by atoms with Crippen LogP contribution in [0.4, 0.5) is 9.93 Å². The highest BCUT2D eigenvalue weighted by molar-refractivity contribution is 7.16. The molecule has 0 aromatic carbocycles. The maximum atomic E-state index is 13.1. The quantitative estimate of drug-likeness (QED) is 0.408. The minimum atomic E-state index is -0.363. The van der Waals surface area contributed by atoms with E-state index in [1.807, 2.05) is 6.07 Å². The van der Waals surface area contributed by atoms with E-state index >= 15 is 0 Å². The molecule has 0 spiro atoms. The van der Waals surface area contributed by atoms with Crippen molar-refractivity contribution in [3.8, 4) is 0 Å². The molecule has 0 atom stereocenters. The van der Waals surface area contributed by atoms with Crippen molar-refractivity contribution in [1.82, 2.24) is 25.3 Å². The fourth-order valence-corrected chi connectivity index (χ4v) is 4.82. The molecule has 0 aliphatic heterocycles. The summed E-state index contributed by atoms with van der Waals surface area (Å²) in [7, 11) is 1.69. The number of urea groups is 1. The lowest BCUT2D eigenvalue weighted by Crippen LogP contribution is -2.28. The Balaban J connectivity index is 1.38. The van der Waals surface area contributed by atoms with Crippen molar-refractivity contribution in [2.24, 2.45) is 0 Å². The molecular weight excluding hydrogens is 472 g/mol. The second-order valence-corrected chi connectivity index (χ2v) is 9.74. The van der Waals surface area contributed by atoms with E-state index in [0.717, 1.165) is 4.88 Å². The van der Waals surface area contributed by atoms with E-state index in [4.69, 9.17) is 16.1 Å². The molecule has 4 aromatic heterocycles. The normalized spacial score (nSPS) is 11.0. The van der Waals surface area contributed by atoms with E-state index in [2.05, 4.69) is 25.8 Å². The lowest BCUT2D eigenvalue weighted by Gasteiger charge is -2.16. The first kappa shape index (κ1) is 22.2. The number of fused-ring (bicyclic) bond motifs is 1. The number of hydrogen-bond acceptors (Lipinski definition) is 8. The molecule has 166 valence electrons. The SMILES string of the molecule is Cc1cc(C(=O)N(C)Cc2csc(NC(=O)NCc3ccc(Cl)s3)n2)c2c(C)noc2n1. The van der Waals surface area contributed by atoms with E-state index in [9.17, 15) is 9.59 Å². The Morgan fingerprint density at radius 3 is 2.81 bits per heavy atom. The number of pyridine rings is 1. The largest absolute Gasteiger partial charge is 0.336 e. The summed E-state index contributed by atoms with van der Waals surface area (Å²) in [6.07, 6.45) is 0. The van der Waals surface area contributed by atoms with Crippen molar-refractivity contribution in [2.45, 2.75) is 26.9 Å². The number of carbonyl (C=O) groups excluding carboxylic acids is 2. The van der Waals surface area contributed by atoms with Crippen LogP contribution < -0.4 is 10.6 Å². The molecule has 0 aliphatic rings. The van der Waals surface area contributed by atoms with Crippen molar-refractivity contribution < 1.29 is 14.1 Å². The van der Waals surface area contributed by atoms with Gasteiger partial charge in [0.15, 0.2) is 5.13 Å². The Morgan fingerprint density at radius 2 is 2.06 bits per heavy atom. The second-order valence-electron chi connectivity index (χ2n) is 7.08. The number of thiazole rings is 1. The lowest BCUT2D eigenvalue weighted by atomic mass is 10.1. The van der Waals surface area contributed by atoms with Crippen LogP contribution in [-0.4, -0.2) is 39.0 Å². The third-order valence-corrected chi connectivity index (χ3v) is 6.58. The number of hydrogen-bond donors (Lipinski definition) is 2. The molecule has 12 heteroatoms. The third-order valence-electron chi connectivity index (χ3n) is 4.55. The maximum Gasteiger partial charge on any atom is 0.321 e. The predicted octanol–water partition coefficient (Wildman–Crippen LogP) is 4.60. The van der Waals surface area contributed by atoms with Crippen molar-refractivity contribution in [2.75, 3.05) is 12.4 Å². The van der Waals surface area contributed by atoms with Crippen LogP contribution in [-0.2, 0) is 13.1 Å². The van der Waals surface area contributed by atoms with Crippen molar-refractivity contribution >= 4 is 62.4 Å². The Labute approximate surface area is 196 Å². The van der Waals surface area contributed by atoms with Crippen molar-refractivity contribution in [3.63, 3.8) is 0 Å². The van der Waals surface area contributed by atoms with Gasteiger partial charge in [-0.1, -0.05) is 16.8 Å². The Kier molecular flexibility index (Phi) is 6.40. The van der Waals surface area contributed by atoms with Gasteiger partial charge in [0, 0.05) is 23.0 Å². The number of nitrogens with one attached hydrogen (secondary N) is 2. The zero-order chi connectivity index (χ0) is 22.8. The number of aromatic nitrogens is 3. The second kappa shape index (κ2) is 9.23. The van der Waals surface area contributed by atoms with Crippen LogP contribution >= 0.6 is 34.3 Å². The molecule has 0 radical (unpaired) electrons. The van der Waals surface area contributed by atoms with Gasteiger partial charge in [-0.15, -0.1) is 22.7 Å². The Hall–Kier alpha value is -3.02. The molecule has 0 saturated carbocycles. The number of amides is 3. The molecule has 4 rings (SSSR count). The highest BCUT2D eigenvalue weighted by Crippen LogP contribution is 2.24. The number of anilines is 1. The summed E-state index contributed by atoms with van der Waals surface area (Å²) in [6, 6.07) is 5.01. The third kappa shape index (κ3) is 4.90. The van der Waals surface area contributed by atoms with Crippen LogP contribution in [0.15, 0.2) is 28.1 Å². The zero-order valence-electron chi connectivity index (χ0n) is 17.4. The molecule has 0 aliphatic carbocycles. The molecule has 0 bridgehead atoms. The molecule has 32 heavy (non-hydrogen) atoms. The minimum Gasteiger partial charge on any atom is -0.336 e. The molecule has 4 aromatic rings. The van der Waals surface area contributed by atoms with Gasteiger partial charge in [0.05, 0.1) is 39.8 Å². The average molecular weight is 491 g/mol. The molecular formula is C20H19ClN6O3S2. The number of thiophene rings is 1. The van der Waals surface area contributed by atoms with Crippen LogP contribution in [0.3, 0.4) is 0 Å². The van der Waals surface area contributed by atoms with Gasteiger partial charge in [0.2, 0.25) is 0 Å². The highest BCUT2D eigenvalue weighted by Gasteiger charge is 2.21. The molecule has 0 saturated heterocycles. The van der Waals surface area contributed by atoms with Gasteiger partial charge < -0.3 is 14.7 Å². The molecule has 0 fully saturated rings. The fourth-order valence-electron chi connectivity index (χ4n) is 3.10. The molecule has 0 unspecified atom stereocenters. The van der Waals surface area contributed by atoms with Gasteiger partial charge in [0.1, 0.15) is 0 Å². The van der Waals surface area contributed by atoms with Crippen LogP contribution in [0.1, 0.15) is 32.3 Å². The first-order valence-corrected chi connectivity index (χ1v) is 11.6. The van der Waals surface area contributed by atoms with Gasteiger partial charge in [-0.25, -0.2) is 14.8 Å².